The molecule has 112 valence electrons. The molecular formula is C14H16N2O4S. The van der Waals surface area contributed by atoms with E-state index in [1.54, 1.807) is 0 Å². The number of nitrogens with one attached hydrogen (secondary N) is 1. The number of benzene rings is 1. The van der Waals surface area contributed by atoms with Crippen LogP contribution in [0.1, 0.15) is 15.2 Å². The van der Waals surface area contributed by atoms with Gasteiger partial charge in [0.1, 0.15) is 11.5 Å². The molecule has 1 aromatic heterocycles. The molecule has 2 aromatic rings. The second kappa shape index (κ2) is 7.16. The number of carboxylic acid groups (broad SMARTS) is 1. The van der Waals surface area contributed by atoms with Crippen molar-refractivity contribution in [1.29, 1.82) is 0 Å². The van der Waals surface area contributed by atoms with Gasteiger partial charge >= 0.3 is 5.97 Å². The zero-order valence-corrected chi connectivity index (χ0v) is 12.1. The monoisotopic (exact) mass is 308 g/mol. The zero-order valence-electron chi connectivity index (χ0n) is 11.3. The second-order valence-electron chi connectivity index (χ2n) is 4.41. The number of fused-ring (bicyclic) bond motifs is 1. The third kappa shape index (κ3) is 4.01. The SMILES string of the molecule is NC(=O)COCCNCc1c(C(=O)O)sc2ccccc12. The molecule has 1 amide bonds. The van der Waals surface area contributed by atoms with Gasteiger partial charge in [0.15, 0.2) is 0 Å². The predicted octanol–water partition coefficient (Wildman–Crippen LogP) is 1.19. The van der Waals surface area contributed by atoms with E-state index >= 15 is 0 Å². The molecule has 0 bridgehead atoms. The Morgan fingerprint density at radius 3 is 2.81 bits per heavy atom. The molecule has 0 atom stereocenters. The van der Waals surface area contributed by atoms with E-state index in [4.69, 9.17) is 10.5 Å². The summed E-state index contributed by atoms with van der Waals surface area (Å²) in [7, 11) is 0. The predicted molar refractivity (Wildman–Crippen MR) is 80.5 cm³/mol. The quantitative estimate of drug-likeness (QED) is 0.636. The Balaban J connectivity index is 1.99. The first-order chi connectivity index (χ1) is 10.1. The van der Waals surface area contributed by atoms with Crippen LogP contribution in [0.2, 0.25) is 0 Å². The van der Waals surface area contributed by atoms with Gasteiger partial charge in [-0.2, -0.15) is 0 Å². The van der Waals surface area contributed by atoms with Crippen LogP contribution < -0.4 is 11.1 Å². The maximum atomic E-state index is 11.3. The van der Waals surface area contributed by atoms with Crippen LogP contribution in [-0.4, -0.2) is 36.7 Å². The Morgan fingerprint density at radius 1 is 1.33 bits per heavy atom. The molecule has 0 radical (unpaired) electrons. The van der Waals surface area contributed by atoms with Crippen LogP contribution in [-0.2, 0) is 16.1 Å². The molecule has 7 heteroatoms. The van der Waals surface area contributed by atoms with Crippen molar-refractivity contribution < 1.29 is 19.4 Å². The minimum atomic E-state index is -0.919. The highest BCUT2D eigenvalue weighted by molar-refractivity contribution is 7.21. The van der Waals surface area contributed by atoms with E-state index in [0.29, 0.717) is 24.6 Å². The third-order valence-corrected chi connectivity index (χ3v) is 4.06. The van der Waals surface area contributed by atoms with E-state index in [9.17, 15) is 14.7 Å². The van der Waals surface area contributed by atoms with Gasteiger partial charge in [0, 0.05) is 17.8 Å². The van der Waals surface area contributed by atoms with Gasteiger partial charge in [-0.05, 0) is 17.0 Å². The van der Waals surface area contributed by atoms with Crippen molar-refractivity contribution in [2.45, 2.75) is 6.54 Å². The highest BCUT2D eigenvalue weighted by Gasteiger charge is 2.16. The van der Waals surface area contributed by atoms with Crippen molar-refractivity contribution in [3.63, 3.8) is 0 Å². The van der Waals surface area contributed by atoms with Crippen LogP contribution in [0, 0.1) is 0 Å². The minimum Gasteiger partial charge on any atom is -0.477 e. The molecule has 0 saturated carbocycles. The lowest BCUT2D eigenvalue weighted by molar-refractivity contribution is -0.122. The van der Waals surface area contributed by atoms with Gasteiger partial charge in [-0.3, -0.25) is 4.79 Å². The summed E-state index contributed by atoms with van der Waals surface area (Å²) in [5, 5.41) is 13.3. The van der Waals surface area contributed by atoms with Crippen molar-refractivity contribution in [2.75, 3.05) is 19.8 Å². The summed E-state index contributed by atoms with van der Waals surface area (Å²) in [6.07, 6.45) is 0. The molecule has 1 aromatic carbocycles. The van der Waals surface area contributed by atoms with Gasteiger partial charge in [-0.15, -0.1) is 11.3 Å². The molecule has 0 spiro atoms. The van der Waals surface area contributed by atoms with Crippen LogP contribution in [0.5, 0.6) is 0 Å². The average molecular weight is 308 g/mol. The maximum Gasteiger partial charge on any atom is 0.346 e. The number of primary amides is 1. The first kappa shape index (κ1) is 15.4. The number of amides is 1. The van der Waals surface area contributed by atoms with Crippen molar-refractivity contribution in [1.82, 2.24) is 5.32 Å². The molecular weight excluding hydrogens is 292 g/mol. The molecule has 21 heavy (non-hydrogen) atoms. The molecule has 4 N–H and O–H groups in total. The van der Waals surface area contributed by atoms with Crippen LogP contribution in [0.3, 0.4) is 0 Å². The first-order valence-electron chi connectivity index (χ1n) is 6.40. The number of carbonyl (C=O) groups is 2. The number of ether oxygens (including phenoxy) is 1. The number of aromatic carboxylic acids is 1. The summed E-state index contributed by atoms with van der Waals surface area (Å²) in [6.45, 7) is 1.18. The molecule has 0 saturated heterocycles. The normalized spacial score (nSPS) is 10.9. The highest BCUT2D eigenvalue weighted by Crippen LogP contribution is 2.31. The summed E-state index contributed by atoms with van der Waals surface area (Å²) >= 11 is 1.27. The lowest BCUT2D eigenvalue weighted by atomic mass is 10.1. The molecule has 6 nitrogen and oxygen atoms in total. The number of carbonyl (C=O) groups excluding carboxylic acids is 1. The van der Waals surface area contributed by atoms with Crippen molar-refractivity contribution in [3.8, 4) is 0 Å². The minimum absolute atomic E-state index is 0.108. The highest BCUT2D eigenvalue weighted by atomic mass is 32.1. The van der Waals surface area contributed by atoms with E-state index in [1.165, 1.54) is 11.3 Å². The fraction of sp³-hybridized carbons (Fsp3) is 0.286. The number of rotatable bonds is 8. The molecule has 0 unspecified atom stereocenters. The molecule has 2 rings (SSSR count). The molecule has 1 heterocycles. The zero-order chi connectivity index (χ0) is 15.2. The largest absolute Gasteiger partial charge is 0.477 e. The van der Waals surface area contributed by atoms with Crippen LogP contribution in [0.15, 0.2) is 24.3 Å². The van der Waals surface area contributed by atoms with Gasteiger partial charge in [-0.25, -0.2) is 4.79 Å². The Morgan fingerprint density at radius 2 is 2.10 bits per heavy atom. The number of hydrogen-bond acceptors (Lipinski definition) is 5. The van der Waals surface area contributed by atoms with Crippen molar-refractivity contribution in [2.24, 2.45) is 5.73 Å². The third-order valence-electron chi connectivity index (χ3n) is 2.86. The van der Waals surface area contributed by atoms with Crippen molar-refractivity contribution in [3.05, 3.63) is 34.7 Å². The summed E-state index contributed by atoms with van der Waals surface area (Å²) < 4.78 is 5.98. The van der Waals surface area contributed by atoms with Crippen LogP contribution in [0.4, 0.5) is 0 Å². The fourth-order valence-electron chi connectivity index (χ4n) is 1.98. The van der Waals surface area contributed by atoms with Gasteiger partial charge in [0.2, 0.25) is 5.91 Å². The fourth-order valence-corrected chi connectivity index (χ4v) is 3.04. The van der Waals surface area contributed by atoms with Gasteiger partial charge in [0.05, 0.1) is 6.61 Å². The molecule has 0 aliphatic carbocycles. The number of thiophene rings is 1. The molecule has 0 aliphatic rings. The Kier molecular flexibility index (Phi) is 5.26. The van der Waals surface area contributed by atoms with E-state index in [2.05, 4.69) is 5.32 Å². The van der Waals surface area contributed by atoms with Gasteiger partial charge in [0.25, 0.3) is 0 Å². The topological polar surface area (TPSA) is 102 Å². The van der Waals surface area contributed by atoms with Gasteiger partial charge < -0.3 is 20.9 Å². The number of hydrogen-bond donors (Lipinski definition) is 3. The average Bonchev–Trinajstić information content (AvgIpc) is 2.81. The van der Waals surface area contributed by atoms with Crippen LogP contribution >= 0.6 is 11.3 Å². The molecule has 0 aliphatic heterocycles. The lowest BCUT2D eigenvalue weighted by Gasteiger charge is -2.06. The van der Waals surface area contributed by atoms with Crippen LogP contribution in [0.25, 0.3) is 10.1 Å². The Labute approximate surface area is 125 Å². The Hall–Kier alpha value is -1.96. The number of nitrogens with two attached hydrogens (primary N) is 1. The summed E-state index contributed by atoms with van der Waals surface area (Å²) in [5.41, 5.74) is 5.73. The smallest absolute Gasteiger partial charge is 0.346 e. The number of carboxylic acids is 1. The van der Waals surface area contributed by atoms with Crippen molar-refractivity contribution >= 4 is 33.3 Å². The van der Waals surface area contributed by atoms with E-state index in [0.717, 1.165) is 15.6 Å². The summed E-state index contributed by atoms with van der Waals surface area (Å²) in [5.74, 6) is -1.43. The summed E-state index contributed by atoms with van der Waals surface area (Å²) in [4.78, 5) is 22.2. The first-order valence-corrected chi connectivity index (χ1v) is 7.21. The lowest BCUT2D eigenvalue weighted by Crippen LogP contribution is -2.24. The van der Waals surface area contributed by atoms with E-state index in [1.807, 2.05) is 24.3 Å². The standard InChI is InChI=1S/C14H16N2O4S/c15-12(17)8-20-6-5-16-7-10-9-3-1-2-4-11(9)21-13(10)14(18)19/h1-4,16H,5-8H2,(H2,15,17)(H,18,19). The maximum absolute atomic E-state index is 11.3. The molecule has 0 fully saturated rings. The van der Waals surface area contributed by atoms with Gasteiger partial charge in [-0.1, -0.05) is 18.2 Å². The van der Waals surface area contributed by atoms with E-state index < -0.39 is 11.9 Å². The summed E-state index contributed by atoms with van der Waals surface area (Å²) in [6, 6.07) is 7.60. The van der Waals surface area contributed by atoms with E-state index in [-0.39, 0.29) is 6.61 Å². The Bertz CT molecular complexity index is 653. The second-order valence-corrected chi connectivity index (χ2v) is 5.46.